The molecule has 2 aromatic rings. The summed E-state index contributed by atoms with van der Waals surface area (Å²) in [5, 5.41) is 1.95. The maximum atomic E-state index is 11.0. The van der Waals surface area contributed by atoms with Gasteiger partial charge in [-0.15, -0.1) is 0 Å². The largest absolute Gasteiger partial charge is 0.265 e. The molecule has 0 spiro atoms. The first kappa shape index (κ1) is 12.0. The Labute approximate surface area is 100 Å². The summed E-state index contributed by atoms with van der Waals surface area (Å²) in [6.07, 6.45) is 2.81. The molecule has 1 aromatic heterocycles. The second kappa shape index (κ2) is 4.43. The highest BCUT2D eigenvalue weighted by atomic mass is 32.2. The summed E-state index contributed by atoms with van der Waals surface area (Å²) in [7, 11) is -3.44. The summed E-state index contributed by atoms with van der Waals surface area (Å²) in [5.41, 5.74) is 1.60. The lowest BCUT2D eigenvalue weighted by atomic mass is 10.1. The van der Waals surface area contributed by atoms with Crippen LogP contribution in [0.2, 0.25) is 0 Å². The first-order chi connectivity index (χ1) is 7.97. The lowest BCUT2D eigenvalue weighted by Gasteiger charge is -2.08. The van der Waals surface area contributed by atoms with E-state index in [1.165, 1.54) is 0 Å². The molecule has 0 aliphatic carbocycles. The molecule has 0 unspecified atom stereocenters. The number of hydrogen-bond donors (Lipinski definition) is 0. The highest BCUT2D eigenvalue weighted by molar-refractivity contribution is 7.85. The molecule has 0 N–H and O–H groups in total. The van der Waals surface area contributed by atoms with Crippen LogP contribution >= 0.6 is 0 Å². The summed E-state index contributed by atoms with van der Waals surface area (Å²) in [6.45, 7) is 1.87. The fourth-order valence-electron chi connectivity index (χ4n) is 1.67. The Hall–Kier alpha value is -1.46. The minimum absolute atomic E-state index is 0.0268. The van der Waals surface area contributed by atoms with E-state index in [2.05, 4.69) is 4.98 Å². The Morgan fingerprint density at radius 1 is 1.29 bits per heavy atom. The Balaban J connectivity index is 2.48. The molecule has 0 aliphatic rings. The molecule has 1 heterocycles. The third-order valence-electron chi connectivity index (χ3n) is 2.54. The third kappa shape index (κ3) is 2.81. The molecule has 5 heteroatoms. The molecular formula is C12H13NO3S. The zero-order valence-corrected chi connectivity index (χ0v) is 10.5. The molecular weight excluding hydrogens is 238 g/mol. The molecule has 0 aliphatic heterocycles. The van der Waals surface area contributed by atoms with Gasteiger partial charge in [-0.05, 0) is 12.3 Å². The highest BCUT2D eigenvalue weighted by Gasteiger charge is 2.09. The number of nitrogens with zero attached hydrogens (tertiary/aromatic N) is 1. The average molecular weight is 251 g/mol. The first-order valence-electron chi connectivity index (χ1n) is 5.15. The van der Waals surface area contributed by atoms with Crippen molar-refractivity contribution in [2.45, 2.75) is 13.5 Å². The molecule has 0 saturated carbocycles. The summed E-state index contributed by atoms with van der Waals surface area (Å²) in [4.78, 5) is 4.23. The summed E-state index contributed by atoms with van der Waals surface area (Å²) in [6, 6.07) is 7.70. The van der Waals surface area contributed by atoms with Gasteiger partial charge >= 0.3 is 0 Å². The molecule has 0 fully saturated rings. The number of aryl methyl sites for hydroxylation is 1. The van der Waals surface area contributed by atoms with E-state index < -0.39 is 10.1 Å². The van der Waals surface area contributed by atoms with E-state index in [0.29, 0.717) is 0 Å². The molecule has 2 rings (SSSR count). The summed E-state index contributed by atoms with van der Waals surface area (Å²) in [5.74, 6) is 0. The van der Waals surface area contributed by atoms with Gasteiger partial charge < -0.3 is 0 Å². The van der Waals surface area contributed by atoms with Crippen LogP contribution in [0.25, 0.3) is 10.8 Å². The second-order valence-corrected chi connectivity index (χ2v) is 5.52. The van der Waals surface area contributed by atoms with Crippen molar-refractivity contribution >= 4 is 20.9 Å². The Morgan fingerprint density at radius 2 is 2.00 bits per heavy atom. The maximum absolute atomic E-state index is 11.0. The van der Waals surface area contributed by atoms with Crippen LogP contribution in [-0.4, -0.2) is 19.7 Å². The van der Waals surface area contributed by atoms with Gasteiger partial charge in [0, 0.05) is 22.8 Å². The smallest absolute Gasteiger partial charge is 0.264 e. The number of hydrogen-bond acceptors (Lipinski definition) is 4. The van der Waals surface area contributed by atoms with Crippen LogP contribution in [0.3, 0.4) is 0 Å². The van der Waals surface area contributed by atoms with Crippen molar-refractivity contribution in [2.24, 2.45) is 0 Å². The second-order valence-electron chi connectivity index (χ2n) is 3.88. The molecule has 1 aromatic carbocycles. The van der Waals surface area contributed by atoms with Crippen molar-refractivity contribution in [1.82, 2.24) is 4.98 Å². The van der Waals surface area contributed by atoms with Crippen LogP contribution < -0.4 is 0 Å². The van der Waals surface area contributed by atoms with Gasteiger partial charge in [0.25, 0.3) is 10.1 Å². The minimum Gasteiger partial charge on any atom is -0.265 e. The van der Waals surface area contributed by atoms with E-state index in [0.717, 1.165) is 28.3 Å². The zero-order valence-electron chi connectivity index (χ0n) is 9.67. The molecule has 0 saturated heterocycles. The maximum Gasteiger partial charge on any atom is 0.264 e. The summed E-state index contributed by atoms with van der Waals surface area (Å²) < 4.78 is 26.9. The van der Waals surface area contributed by atoms with Gasteiger partial charge in [0.05, 0.1) is 12.9 Å². The van der Waals surface area contributed by atoms with Gasteiger partial charge in [-0.2, -0.15) is 8.42 Å². The number of pyridine rings is 1. The van der Waals surface area contributed by atoms with Gasteiger partial charge in [-0.25, -0.2) is 0 Å². The zero-order chi connectivity index (χ0) is 12.5. The predicted octanol–water partition coefficient (Wildman–Crippen LogP) is 2.02. The molecule has 0 atom stereocenters. The van der Waals surface area contributed by atoms with E-state index in [4.69, 9.17) is 4.18 Å². The molecule has 0 radical (unpaired) electrons. The number of benzene rings is 1. The molecule has 0 amide bonds. The normalized spacial score (nSPS) is 11.9. The Bertz CT molecular complexity index is 650. The molecule has 4 nitrogen and oxygen atoms in total. The number of rotatable bonds is 3. The monoisotopic (exact) mass is 251 g/mol. The molecule has 0 bridgehead atoms. The van der Waals surface area contributed by atoms with Crippen molar-refractivity contribution in [1.29, 1.82) is 0 Å². The standard InChI is InChI=1S/C12H13NO3S/c1-9-12(8-16-17(2,14)15)11-6-4-3-5-10(11)7-13-9/h3-7H,8H2,1-2H3. The van der Waals surface area contributed by atoms with Gasteiger partial charge in [-0.3, -0.25) is 9.17 Å². The van der Waals surface area contributed by atoms with Crippen LogP contribution in [0.4, 0.5) is 0 Å². The first-order valence-corrected chi connectivity index (χ1v) is 6.96. The summed E-state index contributed by atoms with van der Waals surface area (Å²) >= 11 is 0. The van der Waals surface area contributed by atoms with E-state index in [1.54, 1.807) is 6.20 Å². The van der Waals surface area contributed by atoms with Crippen LogP contribution in [0.5, 0.6) is 0 Å². The Morgan fingerprint density at radius 3 is 2.71 bits per heavy atom. The van der Waals surface area contributed by atoms with Gasteiger partial charge in [0.15, 0.2) is 0 Å². The number of fused-ring (bicyclic) bond motifs is 1. The van der Waals surface area contributed by atoms with Crippen molar-refractivity contribution in [2.75, 3.05) is 6.26 Å². The van der Waals surface area contributed by atoms with E-state index in [-0.39, 0.29) is 6.61 Å². The van der Waals surface area contributed by atoms with Crippen molar-refractivity contribution in [3.05, 3.63) is 41.7 Å². The lowest BCUT2D eigenvalue weighted by molar-refractivity contribution is 0.312. The van der Waals surface area contributed by atoms with E-state index >= 15 is 0 Å². The van der Waals surface area contributed by atoms with Crippen LogP contribution in [-0.2, 0) is 20.9 Å². The third-order valence-corrected chi connectivity index (χ3v) is 3.08. The number of aromatic nitrogens is 1. The van der Waals surface area contributed by atoms with Crippen LogP contribution in [0, 0.1) is 6.92 Å². The predicted molar refractivity (Wildman–Crippen MR) is 66.1 cm³/mol. The van der Waals surface area contributed by atoms with E-state index in [9.17, 15) is 8.42 Å². The van der Waals surface area contributed by atoms with Crippen molar-refractivity contribution < 1.29 is 12.6 Å². The van der Waals surface area contributed by atoms with E-state index in [1.807, 2.05) is 31.2 Å². The highest BCUT2D eigenvalue weighted by Crippen LogP contribution is 2.21. The topological polar surface area (TPSA) is 56.3 Å². The van der Waals surface area contributed by atoms with Gasteiger partial charge in [0.2, 0.25) is 0 Å². The van der Waals surface area contributed by atoms with Crippen LogP contribution in [0.1, 0.15) is 11.3 Å². The quantitative estimate of drug-likeness (QED) is 0.783. The van der Waals surface area contributed by atoms with Gasteiger partial charge in [0.1, 0.15) is 0 Å². The van der Waals surface area contributed by atoms with Crippen LogP contribution in [0.15, 0.2) is 30.5 Å². The van der Waals surface area contributed by atoms with Crippen molar-refractivity contribution in [3.63, 3.8) is 0 Å². The lowest BCUT2D eigenvalue weighted by Crippen LogP contribution is -2.05. The minimum atomic E-state index is -3.44. The SMILES string of the molecule is Cc1ncc2ccccc2c1COS(C)(=O)=O. The fourth-order valence-corrected chi connectivity index (χ4v) is 2.00. The van der Waals surface area contributed by atoms with Crippen molar-refractivity contribution in [3.8, 4) is 0 Å². The fraction of sp³-hybridized carbons (Fsp3) is 0.250. The average Bonchev–Trinajstić information content (AvgIpc) is 2.26. The molecule has 17 heavy (non-hydrogen) atoms. The molecule has 90 valence electrons. The van der Waals surface area contributed by atoms with Gasteiger partial charge in [-0.1, -0.05) is 24.3 Å². The Kier molecular flexibility index (Phi) is 3.13.